The second-order valence-electron chi connectivity index (χ2n) is 6.82. The van der Waals surface area contributed by atoms with E-state index in [-0.39, 0.29) is 29.7 Å². The van der Waals surface area contributed by atoms with Gasteiger partial charge in [0.2, 0.25) is 0 Å². The molecule has 178 valence electrons. The summed E-state index contributed by atoms with van der Waals surface area (Å²) >= 11 is 0. The van der Waals surface area contributed by atoms with E-state index >= 15 is 0 Å². The van der Waals surface area contributed by atoms with E-state index in [0.717, 1.165) is 11.4 Å². The SMILES string of the molecule is C.C.C.C.CCC.Cc1ccc(C)cc1.Cc1ccc(C)nc1.Cc1ccc(C)nc1. The highest BCUT2D eigenvalue weighted by atomic mass is 14.7. The van der Waals surface area contributed by atoms with Gasteiger partial charge in [-0.3, -0.25) is 9.97 Å². The quantitative estimate of drug-likeness (QED) is 0.356. The predicted molar refractivity (Wildman–Crippen MR) is 146 cm³/mol. The van der Waals surface area contributed by atoms with E-state index in [1.807, 2.05) is 52.2 Å². The Morgan fingerprint density at radius 3 is 0.839 bits per heavy atom. The van der Waals surface area contributed by atoms with Crippen LogP contribution in [0.25, 0.3) is 0 Å². The fourth-order valence-corrected chi connectivity index (χ4v) is 1.72. The van der Waals surface area contributed by atoms with Crippen LogP contribution in [-0.4, -0.2) is 9.97 Å². The van der Waals surface area contributed by atoms with Gasteiger partial charge < -0.3 is 0 Å². The normalized spacial score (nSPS) is 7.74. The first kappa shape index (κ1) is 39.0. The molecule has 31 heavy (non-hydrogen) atoms. The van der Waals surface area contributed by atoms with E-state index < -0.39 is 0 Å². The molecule has 0 aliphatic carbocycles. The largest absolute Gasteiger partial charge is 0.261 e. The summed E-state index contributed by atoms with van der Waals surface area (Å²) in [5.41, 5.74) is 7.25. The van der Waals surface area contributed by atoms with E-state index in [1.165, 1.54) is 28.7 Å². The molecule has 0 saturated carbocycles. The number of hydrogen-bond donors (Lipinski definition) is 0. The van der Waals surface area contributed by atoms with Crippen LogP contribution in [0.3, 0.4) is 0 Å². The van der Waals surface area contributed by atoms with Crippen molar-refractivity contribution in [1.29, 1.82) is 0 Å². The molecule has 2 heterocycles. The van der Waals surface area contributed by atoms with Crippen LogP contribution < -0.4 is 0 Å². The molecular weight excluding hydrogens is 376 g/mol. The zero-order valence-corrected chi connectivity index (χ0v) is 18.4. The van der Waals surface area contributed by atoms with E-state index in [1.54, 1.807) is 0 Å². The zero-order valence-electron chi connectivity index (χ0n) is 18.4. The number of benzene rings is 1. The van der Waals surface area contributed by atoms with Gasteiger partial charge in [-0.05, 0) is 64.8 Å². The van der Waals surface area contributed by atoms with Crippen LogP contribution >= 0.6 is 0 Å². The molecule has 0 atom stereocenters. The van der Waals surface area contributed by atoms with Crippen LogP contribution in [0.5, 0.6) is 0 Å². The highest BCUT2D eigenvalue weighted by Gasteiger charge is 1.82. The van der Waals surface area contributed by atoms with Crippen molar-refractivity contribution in [2.24, 2.45) is 0 Å². The van der Waals surface area contributed by atoms with Crippen LogP contribution in [-0.2, 0) is 0 Å². The van der Waals surface area contributed by atoms with Gasteiger partial charge in [0.15, 0.2) is 0 Å². The molecule has 0 spiro atoms. The molecule has 2 heteroatoms. The monoisotopic (exact) mass is 428 g/mol. The Morgan fingerprint density at radius 1 is 0.452 bits per heavy atom. The van der Waals surface area contributed by atoms with E-state index in [2.05, 4.69) is 74.1 Å². The third kappa shape index (κ3) is 23.7. The van der Waals surface area contributed by atoms with Crippen LogP contribution in [0.4, 0.5) is 0 Å². The van der Waals surface area contributed by atoms with Gasteiger partial charge in [-0.1, -0.05) is 97.5 Å². The van der Waals surface area contributed by atoms with Crippen molar-refractivity contribution < 1.29 is 0 Å². The lowest BCUT2D eigenvalue weighted by molar-refractivity contribution is 1.09. The van der Waals surface area contributed by atoms with Crippen molar-refractivity contribution in [3.05, 3.63) is 94.6 Å². The molecule has 0 N–H and O–H groups in total. The maximum atomic E-state index is 4.08. The molecule has 0 aliphatic rings. The Kier molecular flexibility index (Phi) is 30.0. The van der Waals surface area contributed by atoms with Gasteiger partial charge >= 0.3 is 0 Å². The first-order chi connectivity index (χ1) is 12.8. The molecule has 1 aromatic carbocycles. The maximum Gasteiger partial charge on any atom is 0.0372 e. The van der Waals surface area contributed by atoms with Crippen molar-refractivity contribution >= 4 is 0 Å². The summed E-state index contributed by atoms with van der Waals surface area (Å²) in [6.45, 7) is 16.5. The van der Waals surface area contributed by atoms with Crippen molar-refractivity contribution in [3.63, 3.8) is 0 Å². The Hall–Kier alpha value is -2.48. The molecule has 2 aromatic heterocycles. The third-order valence-electron chi connectivity index (χ3n) is 3.34. The van der Waals surface area contributed by atoms with Crippen molar-refractivity contribution in [3.8, 4) is 0 Å². The smallest absolute Gasteiger partial charge is 0.0372 e. The molecule has 0 unspecified atom stereocenters. The summed E-state index contributed by atoms with van der Waals surface area (Å²) in [5, 5.41) is 0. The van der Waals surface area contributed by atoms with Crippen molar-refractivity contribution in [1.82, 2.24) is 9.97 Å². The Balaban J connectivity index is -0.0000000966. The average Bonchev–Trinajstić information content (AvgIpc) is 2.64. The van der Waals surface area contributed by atoms with Gasteiger partial charge in [-0.25, -0.2) is 0 Å². The second-order valence-corrected chi connectivity index (χ2v) is 6.82. The van der Waals surface area contributed by atoms with E-state index in [0.29, 0.717) is 0 Å². The maximum absolute atomic E-state index is 4.08. The van der Waals surface area contributed by atoms with Crippen LogP contribution in [0.2, 0.25) is 0 Å². The molecule has 0 aliphatic heterocycles. The first-order valence-corrected chi connectivity index (χ1v) is 9.60. The molecular formula is C29H52N2. The summed E-state index contributed by atoms with van der Waals surface area (Å²) in [5.74, 6) is 0. The van der Waals surface area contributed by atoms with Gasteiger partial charge in [-0.2, -0.15) is 0 Å². The lowest BCUT2D eigenvalue weighted by atomic mass is 10.2. The summed E-state index contributed by atoms with van der Waals surface area (Å²) in [6, 6.07) is 16.6. The van der Waals surface area contributed by atoms with Gasteiger partial charge in [0.25, 0.3) is 0 Å². The zero-order chi connectivity index (χ0) is 20.7. The summed E-state index contributed by atoms with van der Waals surface area (Å²) in [4.78, 5) is 8.16. The fourth-order valence-electron chi connectivity index (χ4n) is 1.72. The highest BCUT2D eigenvalue weighted by Crippen LogP contribution is 1.99. The molecule has 0 radical (unpaired) electrons. The van der Waals surface area contributed by atoms with Crippen molar-refractivity contribution in [2.75, 3.05) is 0 Å². The van der Waals surface area contributed by atoms with Gasteiger partial charge in [0, 0.05) is 23.8 Å². The van der Waals surface area contributed by atoms with Crippen molar-refractivity contribution in [2.45, 2.75) is 91.5 Å². The second kappa shape index (κ2) is 23.8. The molecule has 3 aromatic rings. The number of aryl methyl sites for hydroxylation is 6. The van der Waals surface area contributed by atoms with Crippen LogP contribution in [0.15, 0.2) is 60.9 Å². The summed E-state index contributed by atoms with van der Waals surface area (Å²) < 4.78 is 0. The average molecular weight is 429 g/mol. The van der Waals surface area contributed by atoms with Crippen LogP contribution in [0.1, 0.15) is 83.6 Å². The van der Waals surface area contributed by atoms with Crippen LogP contribution in [0, 0.1) is 41.5 Å². The minimum absolute atomic E-state index is 0. The minimum atomic E-state index is 0. The predicted octanol–water partition coefficient (Wildman–Crippen LogP) is 9.66. The number of rotatable bonds is 0. The summed E-state index contributed by atoms with van der Waals surface area (Å²) in [7, 11) is 0. The fraction of sp³-hybridized carbons (Fsp3) is 0.448. The molecule has 0 saturated heterocycles. The van der Waals surface area contributed by atoms with E-state index in [9.17, 15) is 0 Å². The number of pyridine rings is 2. The third-order valence-corrected chi connectivity index (χ3v) is 3.34. The Morgan fingerprint density at radius 2 is 0.677 bits per heavy atom. The first-order valence-electron chi connectivity index (χ1n) is 9.60. The number of hydrogen-bond acceptors (Lipinski definition) is 2. The lowest BCUT2D eigenvalue weighted by Gasteiger charge is -1.90. The lowest BCUT2D eigenvalue weighted by Crippen LogP contribution is -1.78. The number of nitrogens with zero attached hydrogens (tertiary/aromatic N) is 2. The standard InChI is InChI=1S/C8H10.2C7H9N.C3H8.4CH4/c1-7-3-5-8(2)6-4-7;2*1-6-3-4-7(2)8-5-6;1-3-2;;;;/h3-6H,1-2H3;2*3-5H,1-2H3;3H2,1-2H3;4*1H4. The minimum Gasteiger partial charge on any atom is -0.261 e. The number of aromatic nitrogens is 2. The van der Waals surface area contributed by atoms with Gasteiger partial charge in [-0.15, -0.1) is 0 Å². The Bertz CT molecular complexity index is 546. The molecule has 0 amide bonds. The molecule has 0 bridgehead atoms. The summed E-state index contributed by atoms with van der Waals surface area (Å²) in [6.07, 6.45) is 4.99. The molecule has 0 fully saturated rings. The topological polar surface area (TPSA) is 25.8 Å². The molecule has 3 rings (SSSR count). The highest BCUT2D eigenvalue weighted by molar-refractivity contribution is 5.19. The van der Waals surface area contributed by atoms with Gasteiger partial charge in [0.1, 0.15) is 0 Å². The van der Waals surface area contributed by atoms with Gasteiger partial charge in [0.05, 0.1) is 0 Å². The van der Waals surface area contributed by atoms with E-state index in [4.69, 9.17) is 0 Å². The molecule has 2 nitrogen and oxygen atoms in total. The Labute approximate surface area is 196 Å².